The van der Waals surface area contributed by atoms with E-state index in [2.05, 4.69) is 37.3 Å². The van der Waals surface area contributed by atoms with Crippen molar-refractivity contribution in [3.63, 3.8) is 0 Å². The zero-order valence-electron chi connectivity index (χ0n) is 13.3. The molecular formula is C17H27N3O. The Bertz CT molecular complexity index is 513. The third kappa shape index (κ3) is 3.97. The quantitative estimate of drug-likeness (QED) is 0.345. The Morgan fingerprint density at radius 2 is 2.14 bits per heavy atom. The van der Waals surface area contributed by atoms with Crippen LogP contribution in [0.4, 0.5) is 0 Å². The topological polar surface area (TPSA) is 70.6 Å². The number of benzene rings is 1. The van der Waals surface area contributed by atoms with Crippen LogP contribution in [0.3, 0.4) is 0 Å². The summed E-state index contributed by atoms with van der Waals surface area (Å²) in [7, 11) is 0. The average Bonchev–Trinajstić information content (AvgIpc) is 2.46. The molecule has 3 unspecified atom stereocenters. The van der Waals surface area contributed by atoms with Gasteiger partial charge < -0.3 is 16.3 Å². The lowest BCUT2D eigenvalue weighted by atomic mass is 9.80. The van der Waals surface area contributed by atoms with Crippen LogP contribution in [0.25, 0.3) is 0 Å². The normalized spacial score (nSPS) is 26.8. The lowest BCUT2D eigenvalue weighted by molar-refractivity contribution is 0.227. The molecule has 0 amide bonds. The highest BCUT2D eigenvalue weighted by Gasteiger charge is 2.24. The monoisotopic (exact) mass is 289 g/mol. The van der Waals surface area contributed by atoms with Crippen LogP contribution in [-0.4, -0.2) is 17.1 Å². The summed E-state index contributed by atoms with van der Waals surface area (Å²) in [4.78, 5) is 0. The largest absolute Gasteiger partial charge is 0.409 e. The summed E-state index contributed by atoms with van der Waals surface area (Å²) in [6, 6.07) is 6.56. The molecule has 0 spiro atoms. The summed E-state index contributed by atoms with van der Waals surface area (Å²) in [5, 5.41) is 15.5. The molecule has 1 aliphatic rings. The fourth-order valence-corrected chi connectivity index (χ4v) is 3.32. The first-order valence-electron chi connectivity index (χ1n) is 7.82. The van der Waals surface area contributed by atoms with Crippen molar-refractivity contribution in [3.05, 3.63) is 34.9 Å². The van der Waals surface area contributed by atoms with Gasteiger partial charge in [-0.3, -0.25) is 0 Å². The molecule has 2 rings (SSSR count). The van der Waals surface area contributed by atoms with Crippen LogP contribution in [0.5, 0.6) is 0 Å². The van der Waals surface area contributed by atoms with Gasteiger partial charge in [-0.2, -0.15) is 0 Å². The van der Waals surface area contributed by atoms with Gasteiger partial charge in [0.05, 0.1) is 0 Å². The van der Waals surface area contributed by atoms with Crippen LogP contribution >= 0.6 is 0 Å². The van der Waals surface area contributed by atoms with E-state index in [4.69, 9.17) is 10.9 Å². The molecule has 1 fully saturated rings. The molecule has 3 atom stereocenters. The molecule has 4 heteroatoms. The average molecular weight is 289 g/mol. The van der Waals surface area contributed by atoms with Gasteiger partial charge in [-0.25, -0.2) is 0 Å². The smallest absolute Gasteiger partial charge is 0.170 e. The van der Waals surface area contributed by atoms with Gasteiger partial charge in [0.2, 0.25) is 0 Å². The molecule has 0 bridgehead atoms. The van der Waals surface area contributed by atoms with Gasteiger partial charge in [-0.1, -0.05) is 31.1 Å². The van der Waals surface area contributed by atoms with E-state index in [1.165, 1.54) is 30.4 Å². The van der Waals surface area contributed by atoms with Crippen molar-refractivity contribution >= 4 is 5.84 Å². The predicted molar refractivity (Wildman–Crippen MR) is 86.5 cm³/mol. The Morgan fingerprint density at radius 1 is 1.38 bits per heavy atom. The third-order valence-corrected chi connectivity index (χ3v) is 4.73. The molecule has 1 saturated carbocycles. The first-order chi connectivity index (χ1) is 10.0. The molecule has 4 N–H and O–H groups in total. The van der Waals surface area contributed by atoms with Crippen molar-refractivity contribution in [1.82, 2.24) is 5.32 Å². The molecule has 0 aromatic heterocycles. The summed E-state index contributed by atoms with van der Waals surface area (Å²) < 4.78 is 0. The first kappa shape index (κ1) is 15.8. The zero-order valence-corrected chi connectivity index (χ0v) is 13.3. The summed E-state index contributed by atoms with van der Waals surface area (Å²) in [5.74, 6) is 1.76. The minimum Gasteiger partial charge on any atom is -0.409 e. The number of nitrogens with one attached hydrogen (secondary N) is 1. The van der Waals surface area contributed by atoms with Crippen molar-refractivity contribution < 1.29 is 5.21 Å². The van der Waals surface area contributed by atoms with Crippen LogP contribution < -0.4 is 11.1 Å². The Hall–Kier alpha value is -1.55. The molecule has 4 nitrogen and oxygen atoms in total. The van der Waals surface area contributed by atoms with Crippen LogP contribution in [0.1, 0.15) is 49.8 Å². The van der Waals surface area contributed by atoms with E-state index < -0.39 is 0 Å². The second-order valence-electron chi connectivity index (χ2n) is 6.51. The van der Waals surface area contributed by atoms with E-state index in [9.17, 15) is 0 Å². The molecule has 0 aliphatic heterocycles. The highest BCUT2D eigenvalue weighted by atomic mass is 16.4. The van der Waals surface area contributed by atoms with E-state index in [1.54, 1.807) is 0 Å². The van der Waals surface area contributed by atoms with E-state index in [0.29, 0.717) is 6.04 Å². The van der Waals surface area contributed by atoms with Crippen LogP contribution in [0.15, 0.2) is 23.4 Å². The summed E-state index contributed by atoms with van der Waals surface area (Å²) in [6.07, 6.45) is 3.91. The number of hydrogen-bond acceptors (Lipinski definition) is 3. The van der Waals surface area contributed by atoms with E-state index in [0.717, 1.165) is 23.9 Å². The molecule has 0 radical (unpaired) electrons. The summed E-state index contributed by atoms with van der Waals surface area (Å²) in [6.45, 7) is 7.65. The maximum atomic E-state index is 8.72. The molecule has 1 aliphatic carbocycles. The molecule has 1 aromatic carbocycles. The molecular weight excluding hydrogens is 262 g/mol. The standard InChI is InChI=1S/C17H27N3O/c1-11-4-7-16(13(3)8-11)19-10-15-6-5-14(9-12(15)2)17(18)20-21/h5-6,9,11,13,16,19,21H,4,7-8,10H2,1-3H3,(H2,18,20). The first-order valence-corrected chi connectivity index (χ1v) is 7.82. The predicted octanol–water partition coefficient (Wildman–Crippen LogP) is 3.00. The van der Waals surface area contributed by atoms with Gasteiger partial charge in [-0.15, -0.1) is 0 Å². The van der Waals surface area contributed by atoms with Crippen molar-refractivity contribution in [2.75, 3.05) is 0 Å². The number of nitrogens with zero attached hydrogens (tertiary/aromatic N) is 1. The minimum absolute atomic E-state index is 0.160. The van der Waals surface area contributed by atoms with Crippen LogP contribution in [0, 0.1) is 18.8 Å². The van der Waals surface area contributed by atoms with Crippen LogP contribution in [0.2, 0.25) is 0 Å². The van der Waals surface area contributed by atoms with Crippen LogP contribution in [-0.2, 0) is 6.54 Å². The van der Waals surface area contributed by atoms with Gasteiger partial charge in [0, 0.05) is 18.2 Å². The maximum Gasteiger partial charge on any atom is 0.170 e. The number of rotatable bonds is 4. The van der Waals surface area contributed by atoms with Gasteiger partial charge in [0.15, 0.2) is 5.84 Å². The molecule has 0 saturated heterocycles. The summed E-state index contributed by atoms with van der Waals surface area (Å²) >= 11 is 0. The fourth-order valence-electron chi connectivity index (χ4n) is 3.32. The molecule has 21 heavy (non-hydrogen) atoms. The van der Waals surface area contributed by atoms with Gasteiger partial charge >= 0.3 is 0 Å². The Labute approximate surface area is 127 Å². The second kappa shape index (κ2) is 6.94. The Balaban J connectivity index is 1.97. The van der Waals surface area contributed by atoms with Crippen molar-refractivity contribution in [1.29, 1.82) is 0 Å². The van der Waals surface area contributed by atoms with Crippen molar-refractivity contribution in [2.24, 2.45) is 22.7 Å². The lowest BCUT2D eigenvalue weighted by Crippen LogP contribution is -2.38. The second-order valence-corrected chi connectivity index (χ2v) is 6.51. The lowest BCUT2D eigenvalue weighted by Gasteiger charge is -2.33. The number of amidine groups is 1. The van der Waals surface area contributed by atoms with E-state index in [-0.39, 0.29) is 5.84 Å². The zero-order chi connectivity index (χ0) is 15.4. The number of aryl methyl sites for hydroxylation is 1. The van der Waals surface area contributed by atoms with Gasteiger partial charge in [-0.05, 0) is 55.2 Å². The van der Waals surface area contributed by atoms with E-state index in [1.807, 2.05) is 12.1 Å². The SMILES string of the molecule is Cc1cc(/C(N)=N/O)ccc1CNC1CCC(C)CC1C. The highest BCUT2D eigenvalue weighted by Crippen LogP contribution is 2.28. The van der Waals surface area contributed by atoms with E-state index >= 15 is 0 Å². The van der Waals surface area contributed by atoms with Crippen molar-refractivity contribution in [3.8, 4) is 0 Å². The Kier molecular flexibility index (Phi) is 5.23. The molecule has 1 aromatic rings. The fraction of sp³-hybridized carbons (Fsp3) is 0.588. The third-order valence-electron chi connectivity index (χ3n) is 4.73. The summed E-state index contributed by atoms with van der Waals surface area (Å²) in [5.41, 5.74) is 8.83. The number of hydrogen-bond donors (Lipinski definition) is 3. The maximum absolute atomic E-state index is 8.72. The highest BCUT2D eigenvalue weighted by molar-refractivity contribution is 5.97. The van der Waals surface area contributed by atoms with Gasteiger partial charge in [0.1, 0.15) is 0 Å². The Morgan fingerprint density at radius 3 is 2.76 bits per heavy atom. The van der Waals surface area contributed by atoms with Crippen molar-refractivity contribution in [2.45, 2.75) is 52.6 Å². The number of nitrogens with two attached hydrogens (primary N) is 1. The molecule has 0 heterocycles. The number of oxime groups is 1. The molecule has 116 valence electrons. The van der Waals surface area contributed by atoms with Gasteiger partial charge in [0.25, 0.3) is 0 Å². The minimum atomic E-state index is 0.160.